The molecule has 0 radical (unpaired) electrons. The molecule has 0 saturated carbocycles. The molecule has 0 bridgehead atoms. The van der Waals surface area contributed by atoms with Crippen LogP contribution in [0.2, 0.25) is 0 Å². The summed E-state index contributed by atoms with van der Waals surface area (Å²) in [4.78, 5) is 33.7. The van der Waals surface area contributed by atoms with Crippen LogP contribution in [0.25, 0.3) is 9.88 Å². The van der Waals surface area contributed by atoms with Gasteiger partial charge in [0.2, 0.25) is 11.8 Å². The normalized spacial score (nSPS) is 16.6. The molecule has 0 spiro atoms. The number of thiophene rings is 2. The lowest BCUT2D eigenvalue weighted by Gasteiger charge is -2.23. The summed E-state index contributed by atoms with van der Waals surface area (Å²) in [5.41, 5.74) is 0.853. The number of amides is 2. The van der Waals surface area contributed by atoms with Gasteiger partial charge in [-0.15, -0.1) is 34.0 Å². The number of hydrogen-bond acceptors (Lipinski definition) is 6. The average molecular weight is 418 g/mol. The van der Waals surface area contributed by atoms with Crippen molar-refractivity contribution in [3.63, 3.8) is 0 Å². The molecule has 1 fully saturated rings. The minimum absolute atomic E-state index is 0.0312. The van der Waals surface area contributed by atoms with Crippen LogP contribution in [0.15, 0.2) is 40.4 Å². The third-order valence-corrected chi connectivity index (χ3v) is 7.32. The third kappa shape index (κ3) is 4.28. The van der Waals surface area contributed by atoms with E-state index in [1.807, 2.05) is 40.4 Å². The Labute approximate surface area is 169 Å². The molecule has 1 unspecified atom stereocenters. The molecule has 1 saturated heterocycles. The van der Waals surface area contributed by atoms with Crippen molar-refractivity contribution >= 4 is 45.8 Å². The number of hydrogen-bond donors (Lipinski definition) is 1. The van der Waals surface area contributed by atoms with Gasteiger partial charge in [-0.1, -0.05) is 12.1 Å². The molecule has 3 aromatic rings. The molecular formula is C19H19N3O2S3. The lowest BCUT2D eigenvalue weighted by molar-refractivity contribution is -0.138. The van der Waals surface area contributed by atoms with Crippen molar-refractivity contribution in [1.82, 2.24) is 15.2 Å². The molecule has 0 aliphatic carbocycles. The van der Waals surface area contributed by atoms with E-state index in [1.165, 1.54) is 0 Å². The monoisotopic (exact) mass is 417 g/mol. The van der Waals surface area contributed by atoms with Crippen molar-refractivity contribution in [2.75, 3.05) is 6.54 Å². The van der Waals surface area contributed by atoms with Crippen LogP contribution in [0.3, 0.4) is 0 Å². The first-order valence-electron chi connectivity index (χ1n) is 8.78. The van der Waals surface area contributed by atoms with Crippen molar-refractivity contribution in [3.8, 4) is 9.88 Å². The molecule has 2 amide bonds. The molecule has 3 aromatic heterocycles. The van der Waals surface area contributed by atoms with Crippen molar-refractivity contribution in [1.29, 1.82) is 0 Å². The predicted octanol–water partition coefficient (Wildman–Crippen LogP) is 3.78. The average Bonchev–Trinajstić information content (AvgIpc) is 3.47. The maximum absolute atomic E-state index is 12.6. The van der Waals surface area contributed by atoms with Crippen LogP contribution >= 0.6 is 34.0 Å². The Kier molecular flexibility index (Phi) is 5.66. The van der Waals surface area contributed by atoms with Crippen LogP contribution in [0.1, 0.15) is 23.4 Å². The fourth-order valence-corrected chi connectivity index (χ4v) is 5.53. The highest BCUT2D eigenvalue weighted by Crippen LogP contribution is 2.28. The number of aromatic nitrogens is 1. The van der Waals surface area contributed by atoms with Gasteiger partial charge in [0.25, 0.3) is 0 Å². The van der Waals surface area contributed by atoms with Crippen LogP contribution in [0, 0.1) is 0 Å². The van der Waals surface area contributed by atoms with Crippen LogP contribution in [0.4, 0.5) is 0 Å². The molecule has 1 aliphatic rings. The predicted molar refractivity (Wildman–Crippen MR) is 110 cm³/mol. The van der Waals surface area contributed by atoms with Gasteiger partial charge in [-0.05, 0) is 35.7 Å². The number of carbonyl (C=O) groups is 2. The molecular weight excluding hydrogens is 398 g/mol. The SMILES string of the molecule is O=C(NCc1csc(-c2cccs2)n1)C1CCCN1C(=O)Cc1cccs1. The Hall–Kier alpha value is -2.03. The summed E-state index contributed by atoms with van der Waals surface area (Å²) in [6.07, 6.45) is 1.96. The number of nitrogens with one attached hydrogen (secondary N) is 1. The summed E-state index contributed by atoms with van der Waals surface area (Å²) in [5.74, 6) is -0.0542. The largest absolute Gasteiger partial charge is 0.349 e. The highest BCUT2D eigenvalue weighted by molar-refractivity contribution is 7.20. The Morgan fingerprint density at radius 2 is 2.04 bits per heavy atom. The highest BCUT2D eigenvalue weighted by atomic mass is 32.1. The van der Waals surface area contributed by atoms with Crippen LogP contribution in [0.5, 0.6) is 0 Å². The number of nitrogens with zero attached hydrogens (tertiary/aromatic N) is 2. The quantitative estimate of drug-likeness (QED) is 0.664. The summed E-state index contributed by atoms with van der Waals surface area (Å²) >= 11 is 4.81. The molecule has 4 rings (SSSR count). The Balaban J connectivity index is 1.34. The molecule has 8 heteroatoms. The third-order valence-electron chi connectivity index (χ3n) is 4.51. The van der Waals surface area contributed by atoms with Gasteiger partial charge in [-0.3, -0.25) is 9.59 Å². The molecule has 27 heavy (non-hydrogen) atoms. The van der Waals surface area contributed by atoms with E-state index in [2.05, 4.69) is 10.3 Å². The second-order valence-corrected chi connectivity index (χ2v) is 9.18. The van der Waals surface area contributed by atoms with Crippen LogP contribution in [-0.4, -0.2) is 34.3 Å². The van der Waals surface area contributed by atoms with Gasteiger partial charge < -0.3 is 10.2 Å². The van der Waals surface area contributed by atoms with Crippen molar-refractivity contribution in [3.05, 3.63) is 51.0 Å². The van der Waals surface area contributed by atoms with Crippen LogP contribution in [-0.2, 0) is 22.6 Å². The molecule has 1 N–H and O–H groups in total. The van der Waals surface area contributed by atoms with E-state index >= 15 is 0 Å². The van der Waals surface area contributed by atoms with Gasteiger partial charge in [0.1, 0.15) is 11.0 Å². The van der Waals surface area contributed by atoms with Gasteiger partial charge in [0.15, 0.2) is 0 Å². The zero-order chi connectivity index (χ0) is 18.6. The number of carbonyl (C=O) groups excluding carboxylic acids is 2. The van der Waals surface area contributed by atoms with E-state index in [-0.39, 0.29) is 17.9 Å². The van der Waals surface area contributed by atoms with Gasteiger partial charge in [-0.2, -0.15) is 0 Å². The summed E-state index contributed by atoms with van der Waals surface area (Å²) < 4.78 is 0. The lowest BCUT2D eigenvalue weighted by Crippen LogP contribution is -2.46. The number of rotatable bonds is 6. The maximum atomic E-state index is 12.6. The fourth-order valence-electron chi connectivity index (χ4n) is 3.20. The molecule has 5 nitrogen and oxygen atoms in total. The van der Waals surface area contributed by atoms with E-state index in [1.54, 1.807) is 38.9 Å². The van der Waals surface area contributed by atoms with Gasteiger partial charge in [-0.25, -0.2) is 4.98 Å². The first kappa shape index (κ1) is 18.3. The van der Waals surface area contributed by atoms with Crippen LogP contribution < -0.4 is 5.32 Å². The van der Waals surface area contributed by atoms with E-state index in [9.17, 15) is 9.59 Å². The molecule has 0 aromatic carbocycles. The van der Waals surface area contributed by atoms with Crippen molar-refractivity contribution < 1.29 is 9.59 Å². The molecule has 1 atom stereocenters. The standard InChI is InChI=1S/C19H19N3O2S3/c23-17(10-14-4-2-8-25-14)22-7-1-5-15(22)18(24)20-11-13-12-27-19(21-13)16-6-3-9-26-16/h2-4,6,8-9,12,15H,1,5,7,10-11H2,(H,20,24). The minimum atomic E-state index is -0.368. The van der Waals surface area contributed by atoms with E-state index < -0.39 is 0 Å². The fraction of sp³-hybridized carbons (Fsp3) is 0.316. The first-order chi connectivity index (χ1) is 13.2. The summed E-state index contributed by atoms with van der Waals surface area (Å²) in [5, 5.41) is 9.91. The summed E-state index contributed by atoms with van der Waals surface area (Å²) in [7, 11) is 0. The molecule has 140 valence electrons. The highest BCUT2D eigenvalue weighted by Gasteiger charge is 2.33. The van der Waals surface area contributed by atoms with Gasteiger partial charge in [0.05, 0.1) is 23.5 Å². The minimum Gasteiger partial charge on any atom is -0.349 e. The zero-order valence-electron chi connectivity index (χ0n) is 14.6. The number of likely N-dealkylation sites (tertiary alicyclic amines) is 1. The maximum Gasteiger partial charge on any atom is 0.243 e. The Bertz CT molecular complexity index is 903. The lowest BCUT2D eigenvalue weighted by atomic mass is 10.2. The Morgan fingerprint density at radius 1 is 1.19 bits per heavy atom. The summed E-state index contributed by atoms with van der Waals surface area (Å²) in [6, 6.07) is 7.58. The van der Waals surface area contributed by atoms with Crippen molar-refractivity contribution in [2.45, 2.75) is 31.8 Å². The number of thiazole rings is 1. The zero-order valence-corrected chi connectivity index (χ0v) is 17.0. The second-order valence-electron chi connectivity index (χ2n) is 6.34. The molecule has 1 aliphatic heterocycles. The van der Waals surface area contributed by atoms with Gasteiger partial charge >= 0.3 is 0 Å². The Morgan fingerprint density at radius 3 is 2.81 bits per heavy atom. The second kappa shape index (κ2) is 8.33. The smallest absolute Gasteiger partial charge is 0.243 e. The van der Waals surface area contributed by atoms with Crippen molar-refractivity contribution in [2.24, 2.45) is 0 Å². The van der Waals surface area contributed by atoms with E-state index in [0.29, 0.717) is 19.5 Å². The van der Waals surface area contributed by atoms with Gasteiger partial charge in [0, 0.05) is 16.8 Å². The van der Waals surface area contributed by atoms with E-state index in [4.69, 9.17) is 0 Å². The van der Waals surface area contributed by atoms with E-state index in [0.717, 1.165) is 33.3 Å². The summed E-state index contributed by atoms with van der Waals surface area (Å²) in [6.45, 7) is 1.05. The first-order valence-corrected chi connectivity index (χ1v) is 11.4. The topological polar surface area (TPSA) is 62.3 Å². The molecule has 4 heterocycles.